The first-order chi connectivity index (χ1) is 8.61. The molecule has 0 radical (unpaired) electrons. The molecule has 0 saturated carbocycles. The van der Waals surface area contributed by atoms with Gasteiger partial charge >= 0.3 is 0 Å². The molecule has 0 saturated heterocycles. The van der Waals surface area contributed by atoms with Crippen molar-refractivity contribution in [3.63, 3.8) is 0 Å². The summed E-state index contributed by atoms with van der Waals surface area (Å²) >= 11 is 0. The largest absolute Gasteiger partial charge is 0.314 e. The quantitative estimate of drug-likeness (QED) is 0.890. The first-order valence-electron chi connectivity index (χ1n) is 5.93. The van der Waals surface area contributed by atoms with E-state index in [4.69, 9.17) is 0 Å². The molecule has 4 nitrogen and oxygen atoms in total. The van der Waals surface area contributed by atoms with Gasteiger partial charge < -0.3 is 5.32 Å². The van der Waals surface area contributed by atoms with E-state index in [9.17, 15) is 4.79 Å². The van der Waals surface area contributed by atoms with Crippen molar-refractivity contribution in [1.29, 1.82) is 0 Å². The number of nitrogens with one attached hydrogen (secondary N) is 1. The molecule has 0 aliphatic carbocycles. The highest BCUT2D eigenvalue weighted by Crippen LogP contribution is 2.10. The Kier molecular flexibility index (Phi) is 3.58. The number of aryl methyl sites for hydroxylation is 2. The Bertz CT molecular complexity index is 617. The fraction of sp³-hybridized carbons (Fsp3) is 0.286. The summed E-state index contributed by atoms with van der Waals surface area (Å²) in [6.07, 6.45) is 0. The van der Waals surface area contributed by atoms with Crippen LogP contribution in [0, 0.1) is 13.8 Å². The molecule has 2 aromatic rings. The van der Waals surface area contributed by atoms with Crippen LogP contribution < -0.4 is 10.7 Å². The predicted octanol–water partition coefficient (Wildman–Crippen LogP) is 1.57. The van der Waals surface area contributed by atoms with E-state index in [2.05, 4.69) is 10.4 Å². The zero-order chi connectivity index (χ0) is 13.1. The molecular weight excluding hydrogens is 226 g/mol. The maximum Gasteiger partial charge on any atom is 0.204 e. The molecule has 0 amide bonds. The van der Waals surface area contributed by atoms with Gasteiger partial charge in [-0.2, -0.15) is 5.10 Å². The SMILES string of the molecule is CNCc1nn(-c2cccc(C)c2)c(C)cc1=O. The van der Waals surface area contributed by atoms with E-state index in [1.54, 1.807) is 17.8 Å². The van der Waals surface area contributed by atoms with Crippen LogP contribution in [0.1, 0.15) is 17.0 Å². The monoisotopic (exact) mass is 243 g/mol. The Labute approximate surface area is 106 Å². The topological polar surface area (TPSA) is 46.9 Å². The average molecular weight is 243 g/mol. The van der Waals surface area contributed by atoms with Crippen LogP contribution in [-0.2, 0) is 6.54 Å². The minimum Gasteiger partial charge on any atom is -0.314 e. The summed E-state index contributed by atoms with van der Waals surface area (Å²) in [5.41, 5.74) is 3.49. The van der Waals surface area contributed by atoms with Crippen molar-refractivity contribution in [2.75, 3.05) is 7.05 Å². The predicted molar refractivity (Wildman–Crippen MR) is 72.1 cm³/mol. The highest BCUT2D eigenvalue weighted by atomic mass is 16.1. The second kappa shape index (κ2) is 5.14. The van der Waals surface area contributed by atoms with Gasteiger partial charge in [0.1, 0.15) is 5.69 Å². The van der Waals surface area contributed by atoms with E-state index in [0.717, 1.165) is 11.4 Å². The molecule has 0 atom stereocenters. The lowest BCUT2D eigenvalue weighted by Gasteiger charge is -2.11. The van der Waals surface area contributed by atoms with Crippen molar-refractivity contribution in [3.8, 4) is 5.69 Å². The minimum atomic E-state index is -0.0225. The molecule has 0 bridgehead atoms. The molecule has 1 N–H and O–H groups in total. The minimum absolute atomic E-state index is 0.0225. The highest BCUT2D eigenvalue weighted by Gasteiger charge is 2.06. The van der Waals surface area contributed by atoms with Crippen molar-refractivity contribution in [2.45, 2.75) is 20.4 Å². The molecule has 94 valence electrons. The lowest BCUT2D eigenvalue weighted by atomic mass is 10.2. The summed E-state index contributed by atoms with van der Waals surface area (Å²) in [4.78, 5) is 11.8. The summed E-state index contributed by atoms with van der Waals surface area (Å²) in [6, 6.07) is 9.69. The van der Waals surface area contributed by atoms with Gasteiger partial charge in [0.05, 0.1) is 5.69 Å². The first kappa shape index (κ1) is 12.5. The molecule has 4 heteroatoms. The van der Waals surface area contributed by atoms with Crippen LogP contribution in [0.3, 0.4) is 0 Å². The van der Waals surface area contributed by atoms with E-state index in [0.29, 0.717) is 12.2 Å². The molecule has 2 rings (SSSR count). The summed E-state index contributed by atoms with van der Waals surface area (Å²) < 4.78 is 1.81. The molecule has 0 aliphatic heterocycles. The van der Waals surface area contributed by atoms with Gasteiger partial charge in [0, 0.05) is 18.3 Å². The van der Waals surface area contributed by atoms with Gasteiger partial charge in [-0.1, -0.05) is 12.1 Å². The molecule has 0 unspecified atom stereocenters. The van der Waals surface area contributed by atoms with E-state index >= 15 is 0 Å². The fourth-order valence-electron chi connectivity index (χ4n) is 1.89. The molecule has 0 aliphatic rings. The molecule has 1 aromatic carbocycles. The summed E-state index contributed by atoms with van der Waals surface area (Å²) in [5, 5.41) is 7.37. The summed E-state index contributed by atoms with van der Waals surface area (Å²) in [6.45, 7) is 4.40. The first-order valence-corrected chi connectivity index (χ1v) is 5.93. The van der Waals surface area contributed by atoms with Gasteiger partial charge in [-0.3, -0.25) is 4.79 Å². The Hall–Kier alpha value is -1.94. The third kappa shape index (κ3) is 2.49. The van der Waals surface area contributed by atoms with Crippen LogP contribution in [0.15, 0.2) is 35.1 Å². The zero-order valence-corrected chi connectivity index (χ0v) is 10.9. The van der Waals surface area contributed by atoms with E-state index in [1.807, 2.05) is 38.1 Å². The maximum atomic E-state index is 11.8. The van der Waals surface area contributed by atoms with Crippen LogP contribution in [-0.4, -0.2) is 16.8 Å². The molecule has 1 aromatic heterocycles. The van der Waals surface area contributed by atoms with Crippen LogP contribution in [0.4, 0.5) is 0 Å². The average Bonchev–Trinajstić information content (AvgIpc) is 2.33. The number of rotatable bonds is 3. The zero-order valence-electron chi connectivity index (χ0n) is 10.9. The lowest BCUT2D eigenvalue weighted by Crippen LogP contribution is -2.22. The number of aromatic nitrogens is 2. The second-order valence-corrected chi connectivity index (χ2v) is 4.38. The van der Waals surface area contributed by atoms with Gasteiger partial charge in [-0.05, 0) is 38.6 Å². The van der Waals surface area contributed by atoms with Crippen molar-refractivity contribution < 1.29 is 0 Å². The Balaban J connectivity index is 2.57. The third-order valence-corrected chi connectivity index (χ3v) is 2.77. The van der Waals surface area contributed by atoms with Crippen molar-refractivity contribution in [3.05, 3.63) is 57.5 Å². The van der Waals surface area contributed by atoms with Gasteiger partial charge in [0.15, 0.2) is 0 Å². The second-order valence-electron chi connectivity index (χ2n) is 4.38. The fourth-order valence-corrected chi connectivity index (χ4v) is 1.89. The van der Waals surface area contributed by atoms with Gasteiger partial charge in [0.25, 0.3) is 0 Å². The molecule has 0 fully saturated rings. The number of benzene rings is 1. The normalized spacial score (nSPS) is 10.6. The molecule has 0 spiro atoms. The van der Waals surface area contributed by atoms with Gasteiger partial charge in [-0.15, -0.1) is 0 Å². The Morgan fingerprint density at radius 3 is 2.72 bits per heavy atom. The standard InChI is InChI=1S/C14H17N3O/c1-10-5-4-6-12(7-10)17-11(2)8-14(18)13(16-17)9-15-3/h4-8,15H,9H2,1-3H3. The van der Waals surface area contributed by atoms with Crippen molar-refractivity contribution in [2.24, 2.45) is 0 Å². The smallest absolute Gasteiger partial charge is 0.204 e. The highest BCUT2D eigenvalue weighted by molar-refractivity contribution is 5.36. The number of hydrogen-bond donors (Lipinski definition) is 1. The number of nitrogens with zero attached hydrogens (tertiary/aromatic N) is 2. The maximum absolute atomic E-state index is 11.8. The van der Waals surface area contributed by atoms with Crippen molar-refractivity contribution >= 4 is 0 Å². The Morgan fingerprint density at radius 2 is 2.06 bits per heavy atom. The third-order valence-electron chi connectivity index (χ3n) is 2.77. The number of hydrogen-bond acceptors (Lipinski definition) is 3. The van der Waals surface area contributed by atoms with Gasteiger partial charge in [-0.25, -0.2) is 4.68 Å². The van der Waals surface area contributed by atoms with Crippen molar-refractivity contribution in [1.82, 2.24) is 15.1 Å². The van der Waals surface area contributed by atoms with Gasteiger partial charge in [0.2, 0.25) is 5.43 Å². The summed E-state index contributed by atoms with van der Waals surface area (Å²) in [7, 11) is 1.80. The summed E-state index contributed by atoms with van der Waals surface area (Å²) in [5.74, 6) is 0. The van der Waals surface area contributed by atoms with Crippen LogP contribution >= 0.6 is 0 Å². The molecule has 18 heavy (non-hydrogen) atoms. The Morgan fingerprint density at radius 1 is 1.28 bits per heavy atom. The van der Waals surface area contributed by atoms with E-state index < -0.39 is 0 Å². The molecule has 1 heterocycles. The molecular formula is C14H17N3O. The van der Waals surface area contributed by atoms with E-state index in [-0.39, 0.29) is 5.43 Å². The van der Waals surface area contributed by atoms with Crippen LogP contribution in [0.2, 0.25) is 0 Å². The van der Waals surface area contributed by atoms with Crippen LogP contribution in [0.5, 0.6) is 0 Å². The van der Waals surface area contributed by atoms with E-state index in [1.165, 1.54) is 5.56 Å². The lowest BCUT2D eigenvalue weighted by molar-refractivity contribution is 0.704. The van der Waals surface area contributed by atoms with Crippen LogP contribution in [0.25, 0.3) is 5.69 Å².